The zero-order chi connectivity index (χ0) is 35.7. The van der Waals surface area contributed by atoms with E-state index in [1.54, 1.807) is 4.90 Å². The Hall–Kier alpha value is -4.65. The van der Waals surface area contributed by atoms with Gasteiger partial charge in [-0.05, 0) is 51.9 Å². The van der Waals surface area contributed by atoms with Crippen molar-refractivity contribution >= 4 is 18.1 Å². The van der Waals surface area contributed by atoms with Crippen molar-refractivity contribution in [3.05, 3.63) is 108 Å². The Morgan fingerprint density at radius 3 is 1.35 bits per heavy atom. The van der Waals surface area contributed by atoms with Crippen molar-refractivity contribution in [1.82, 2.24) is 29.9 Å². The van der Waals surface area contributed by atoms with Crippen LogP contribution in [0.4, 0.5) is 14.4 Å². The van der Waals surface area contributed by atoms with E-state index >= 15 is 0 Å². The number of hydrogen-bond donors (Lipinski definition) is 0. The number of hydrogen-bond acceptors (Lipinski definition) is 6. The predicted molar refractivity (Wildman–Crippen MR) is 191 cm³/mol. The molecule has 0 radical (unpaired) electrons. The summed E-state index contributed by atoms with van der Waals surface area (Å²) in [5.74, 6) is 0.731. The van der Waals surface area contributed by atoms with Gasteiger partial charge in [0.1, 0.15) is 0 Å². The summed E-state index contributed by atoms with van der Waals surface area (Å²) < 4.78 is 0. The summed E-state index contributed by atoms with van der Waals surface area (Å²) >= 11 is 0. The molecule has 51 heavy (non-hydrogen) atoms. The third-order valence-electron chi connectivity index (χ3n) is 9.68. The Morgan fingerprint density at radius 2 is 0.941 bits per heavy atom. The molecule has 3 unspecified atom stereocenters. The highest BCUT2D eigenvalue weighted by molar-refractivity contribution is 5.76. The largest absolute Gasteiger partial charge is 0.346 e. The molecule has 0 aliphatic carbocycles. The molecule has 3 atom stereocenters. The molecule has 0 N–H and O–H groups in total. The summed E-state index contributed by atoms with van der Waals surface area (Å²) in [6.45, 7) is 11.0. The lowest BCUT2D eigenvalue weighted by molar-refractivity contribution is 0.123. The lowest BCUT2D eigenvalue weighted by Gasteiger charge is -2.29. The molecule has 3 aromatic carbocycles. The smallest absolute Gasteiger partial charge is 0.323 e. The van der Waals surface area contributed by atoms with Crippen LogP contribution in [0, 0.1) is 5.92 Å². The first-order chi connectivity index (χ1) is 24.9. The van der Waals surface area contributed by atoms with Gasteiger partial charge in [-0.1, -0.05) is 97.9 Å². The van der Waals surface area contributed by atoms with Gasteiger partial charge in [0, 0.05) is 56.0 Å². The van der Waals surface area contributed by atoms with Crippen molar-refractivity contribution in [1.29, 1.82) is 0 Å². The van der Waals surface area contributed by atoms with E-state index in [-0.39, 0.29) is 36.8 Å². The van der Waals surface area contributed by atoms with E-state index in [1.807, 2.05) is 115 Å². The number of piperidine rings is 2. The second-order valence-electron chi connectivity index (χ2n) is 13.3. The SMILES string of the molecule is CC1CCN(C(=O)N2OC2c2ccccc2)CC1.CCN(CC)C(=O)N1OC1c1ccccc1.O=C(N1CCCCC1)N1OC1c1ccccc1. The first-order valence-electron chi connectivity index (χ1n) is 18.3. The van der Waals surface area contributed by atoms with Crippen LogP contribution in [0.15, 0.2) is 91.0 Å². The molecular weight excluding hydrogens is 648 g/mol. The quantitative estimate of drug-likeness (QED) is 0.253. The number of amides is 6. The van der Waals surface area contributed by atoms with Crippen LogP contribution in [0.2, 0.25) is 0 Å². The van der Waals surface area contributed by atoms with Gasteiger partial charge in [0.15, 0.2) is 0 Å². The zero-order valence-electron chi connectivity index (χ0n) is 29.9. The van der Waals surface area contributed by atoms with E-state index < -0.39 is 0 Å². The number of likely N-dealkylation sites (tertiary alicyclic amines) is 2. The maximum absolute atomic E-state index is 12.2. The first-order valence-corrected chi connectivity index (χ1v) is 18.3. The van der Waals surface area contributed by atoms with Crippen molar-refractivity contribution in [2.24, 2.45) is 5.92 Å². The highest BCUT2D eigenvalue weighted by Gasteiger charge is 2.46. The molecule has 5 aliphatic rings. The molecule has 5 aliphatic heterocycles. The molecule has 5 saturated heterocycles. The fourth-order valence-electron chi connectivity index (χ4n) is 6.32. The highest BCUT2D eigenvalue weighted by Crippen LogP contribution is 2.40. The second-order valence-corrected chi connectivity index (χ2v) is 13.3. The maximum Gasteiger partial charge on any atom is 0.346 e. The van der Waals surface area contributed by atoms with Gasteiger partial charge in [-0.15, -0.1) is 0 Å². The normalized spacial score (nSPS) is 22.2. The third-order valence-corrected chi connectivity index (χ3v) is 9.68. The minimum absolute atomic E-state index is 0.00996. The Bertz CT molecular complexity index is 1560. The van der Waals surface area contributed by atoms with Gasteiger partial charge in [0.2, 0.25) is 18.7 Å². The number of benzene rings is 3. The lowest BCUT2D eigenvalue weighted by Crippen LogP contribution is -2.40. The lowest BCUT2D eigenvalue weighted by atomic mass is 10.00. The highest BCUT2D eigenvalue weighted by atomic mass is 16.9. The molecular formula is C39H50N6O6. The molecule has 0 bridgehead atoms. The monoisotopic (exact) mass is 698 g/mol. The number of nitrogens with zero attached hydrogens (tertiary/aromatic N) is 6. The summed E-state index contributed by atoms with van der Waals surface area (Å²) in [5.41, 5.74) is 3.09. The number of hydroxylamine groups is 6. The fourth-order valence-corrected chi connectivity index (χ4v) is 6.32. The van der Waals surface area contributed by atoms with Gasteiger partial charge in [-0.25, -0.2) is 28.9 Å². The van der Waals surface area contributed by atoms with Crippen molar-refractivity contribution in [2.75, 3.05) is 39.3 Å². The van der Waals surface area contributed by atoms with Crippen LogP contribution in [0.3, 0.4) is 0 Å². The Morgan fingerprint density at radius 1 is 0.569 bits per heavy atom. The predicted octanol–water partition coefficient (Wildman–Crippen LogP) is 7.72. The fraction of sp³-hybridized carbons (Fsp3) is 0.462. The molecule has 0 saturated carbocycles. The topological polar surface area (TPSA) is 108 Å². The number of carbonyl (C=O) groups is 3. The van der Waals surface area contributed by atoms with Gasteiger partial charge in [0.05, 0.1) is 0 Å². The van der Waals surface area contributed by atoms with E-state index in [0.29, 0.717) is 13.1 Å². The van der Waals surface area contributed by atoms with Crippen LogP contribution < -0.4 is 0 Å². The van der Waals surface area contributed by atoms with Gasteiger partial charge in [0.25, 0.3) is 0 Å². The van der Waals surface area contributed by atoms with Crippen LogP contribution >= 0.6 is 0 Å². The van der Waals surface area contributed by atoms with E-state index in [0.717, 1.165) is 74.5 Å². The van der Waals surface area contributed by atoms with E-state index in [2.05, 4.69) is 6.92 Å². The van der Waals surface area contributed by atoms with Crippen LogP contribution in [-0.4, -0.2) is 87.3 Å². The number of urea groups is 3. The summed E-state index contributed by atoms with van der Waals surface area (Å²) in [6.07, 6.45) is 5.07. The van der Waals surface area contributed by atoms with E-state index in [9.17, 15) is 14.4 Å². The molecule has 5 heterocycles. The van der Waals surface area contributed by atoms with Crippen molar-refractivity contribution in [2.45, 2.75) is 71.6 Å². The molecule has 12 nitrogen and oxygen atoms in total. The molecule has 5 fully saturated rings. The average Bonchev–Trinajstić information content (AvgIpc) is 4.08. The number of rotatable bonds is 5. The van der Waals surface area contributed by atoms with Crippen LogP contribution in [0.5, 0.6) is 0 Å². The van der Waals surface area contributed by atoms with Crippen LogP contribution in [-0.2, 0) is 14.5 Å². The molecule has 8 rings (SSSR count). The van der Waals surface area contributed by atoms with Gasteiger partial charge in [-0.2, -0.15) is 15.2 Å². The molecule has 0 spiro atoms. The van der Waals surface area contributed by atoms with Crippen molar-refractivity contribution in [3.8, 4) is 0 Å². The zero-order valence-corrected chi connectivity index (χ0v) is 29.9. The first kappa shape index (κ1) is 36.2. The molecule has 0 aromatic heterocycles. The average molecular weight is 699 g/mol. The molecule has 3 aromatic rings. The summed E-state index contributed by atoms with van der Waals surface area (Å²) in [5, 5.41) is 4.37. The Balaban J connectivity index is 0.000000132. The van der Waals surface area contributed by atoms with Crippen LogP contribution in [0.25, 0.3) is 0 Å². The van der Waals surface area contributed by atoms with Crippen molar-refractivity contribution < 1.29 is 28.9 Å². The second kappa shape index (κ2) is 17.0. The van der Waals surface area contributed by atoms with Gasteiger partial charge in [-0.3, -0.25) is 0 Å². The minimum Gasteiger partial charge on any atom is -0.323 e. The van der Waals surface area contributed by atoms with E-state index in [1.165, 1.54) is 21.6 Å². The Kier molecular flexibility index (Phi) is 12.1. The maximum atomic E-state index is 12.2. The van der Waals surface area contributed by atoms with Crippen molar-refractivity contribution in [3.63, 3.8) is 0 Å². The third kappa shape index (κ3) is 9.37. The molecule has 6 amide bonds. The molecule has 12 heteroatoms. The van der Waals surface area contributed by atoms with Gasteiger partial charge < -0.3 is 14.7 Å². The standard InChI is InChI=1S/C14H18N2O2.C13H16N2O2.C12H16N2O2/c1-11-7-9-15(10-8-11)14(17)16-13(18-16)12-5-3-2-4-6-12;16-13(14-9-5-2-6-10-14)15-12(17-15)11-7-3-1-4-8-11;1-3-13(4-2)12(15)14-11(16-14)10-8-6-5-7-9-10/h2-6,11,13H,7-10H2,1H3;1,3-4,7-8,12H,2,5-6,9-10H2;5-9,11H,3-4H2,1-2H3. The minimum atomic E-state index is -0.200. The van der Waals surface area contributed by atoms with Crippen LogP contribution in [0.1, 0.15) is 88.2 Å². The summed E-state index contributed by atoms with van der Waals surface area (Å²) in [7, 11) is 0. The summed E-state index contributed by atoms with van der Waals surface area (Å²) in [4.78, 5) is 57.7. The summed E-state index contributed by atoms with van der Waals surface area (Å²) in [6, 6.07) is 29.4. The van der Waals surface area contributed by atoms with Gasteiger partial charge >= 0.3 is 18.1 Å². The Labute approximate surface area is 300 Å². The number of carbonyl (C=O) groups excluding carboxylic acids is 3. The van der Waals surface area contributed by atoms with E-state index in [4.69, 9.17) is 14.5 Å². The molecule has 272 valence electrons.